The second kappa shape index (κ2) is 7.83. The van der Waals surface area contributed by atoms with Gasteiger partial charge in [-0.3, -0.25) is 9.79 Å². The maximum atomic E-state index is 11.4. The number of carbonyl (C=O) groups excluding carboxylic acids is 1. The van der Waals surface area contributed by atoms with Crippen LogP contribution in [0, 0.1) is 0 Å². The van der Waals surface area contributed by atoms with Crippen molar-refractivity contribution in [2.45, 2.75) is 13.5 Å². The van der Waals surface area contributed by atoms with Crippen molar-refractivity contribution in [2.24, 2.45) is 4.99 Å². The highest BCUT2D eigenvalue weighted by Crippen LogP contribution is 2.17. The molecule has 1 fully saturated rings. The zero-order valence-electron chi connectivity index (χ0n) is 14.6. The van der Waals surface area contributed by atoms with Crippen molar-refractivity contribution in [2.75, 3.05) is 33.2 Å². The summed E-state index contributed by atoms with van der Waals surface area (Å²) in [7, 11) is 1.76. The highest BCUT2D eigenvalue weighted by Gasteiger charge is 2.21. The van der Waals surface area contributed by atoms with Gasteiger partial charge in [-0.1, -0.05) is 18.2 Å². The van der Waals surface area contributed by atoms with Crippen LogP contribution in [0.2, 0.25) is 0 Å². The van der Waals surface area contributed by atoms with Crippen LogP contribution in [0.25, 0.3) is 11.5 Å². The van der Waals surface area contributed by atoms with Crippen LogP contribution >= 0.6 is 0 Å². The molecule has 2 heterocycles. The third-order valence-electron chi connectivity index (χ3n) is 4.24. The molecule has 0 bridgehead atoms. The van der Waals surface area contributed by atoms with E-state index in [1.165, 1.54) is 0 Å². The molecule has 7 heteroatoms. The quantitative estimate of drug-likeness (QED) is 0.678. The number of carbonyl (C=O) groups is 1. The number of nitrogens with one attached hydrogen (secondary N) is 1. The van der Waals surface area contributed by atoms with Crippen LogP contribution in [0.1, 0.15) is 12.6 Å². The first-order valence-electron chi connectivity index (χ1n) is 8.38. The second-order valence-electron chi connectivity index (χ2n) is 5.90. The Kier molecular flexibility index (Phi) is 5.33. The first-order valence-corrected chi connectivity index (χ1v) is 8.38. The summed E-state index contributed by atoms with van der Waals surface area (Å²) in [4.78, 5) is 24.3. The Morgan fingerprint density at radius 3 is 2.52 bits per heavy atom. The van der Waals surface area contributed by atoms with E-state index in [2.05, 4.69) is 20.2 Å². The number of oxazole rings is 1. The minimum absolute atomic E-state index is 0.124. The topological polar surface area (TPSA) is 74.0 Å². The van der Waals surface area contributed by atoms with Gasteiger partial charge in [-0.25, -0.2) is 4.98 Å². The van der Waals surface area contributed by atoms with Crippen molar-refractivity contribution in [1.82, 2.24) is 20.1 Å². The predicted molar refractivity (Wildman–Crippen MR) is 96.0 cm³/mol. The van der Waals surface area contributed by atoms with E-state index in [4.69, 9.17) is 4.42 Å². The van der Waals surface area contributed by atoms with Crippen LogP contribution in [0.4, 0.5) is 0 Å². The minimum atomic E-state index is 0.124. The van der Waals surface area contributed by atoms with Crippen molar-refractivity contribution in [1.29, 1.82) is 0 Å². The van der Waals surface area contributed by atoms with Crippen LogP contribution in [0.15, 0.2) is 46.0 Å². The summed E-state index contributed by atoms with van der Waals surface area (Å²) in [6.45, 7) is 5.13. The lowest BCUT2D eigenvalue weighted by Crippen LogP contribution is -2.53. The Morgan fingerprint density at radius 2 is 1.88 bits per heavy atom. The summed E-state index contributed by atoms with van der Waals surface area (Å²) in [6.07, 6.45) is 1.66. The smallest absolute Gasteiger partial charge is 0.226 e. The van der Waals surface area contributed by atoms with E-state index in [-0.39, 0.29) is 5.91 Å². The van der Waals surface area contributed by atoms with Gasteiger partial charge in [-0.15, -0.1) is 0 Å². The summed E-state index contributed by atoms with van der Waals surface area (Å²) in [6, 6.07) is 9.82. The van der Waals surface area contributed by atoms with Gasteiger partial charge in [0.25, 0.3) is 0 Å². The van der Waals surface area contributed by atoms with E-state index in [0.717, 1.165) is 43.4 Å². The van der Waals surface area contributed by atoms with E-state index in [1.807, 2.05) is 35.2 Å². The molecule has 0 aliphatic carbocycles. The number of piperazine rings is 1. The third kappa shape index (κ3) is 4.17. The van der Waals surface area contributed by atoms with Gasteiger partial charge in [-0.2, -0.15) is 0 Å². The van der Waals surface area contributed by atoms with Crippen molar-refractivity contribution < 1.29 is 9.21 Å². The van der Waals surface area contributed by atoms with Crippen molar-refractivity contribution in [3.05, 3.63) is 42.3 Å². The molecule has 1 saturated heterocycles. The molecule has 1 amide bonds. The molecule has 0 atom stereocenters. The molecule has 0 saturated carbocycles. The Labute approximate surface area is 147 Å². The van der Waals surface area contributed by atoms with Crippen LogP contribution in [-0.4, -0.2) is 59.9 Å². The average Bonchev–Trinajstić information content (AvgIpc) is 3.12. The number of nitrogens with zero attached hydrogens (tertiary/aromatic N) is 4. The molecule has 1 aliphatic heterocycles. The first kappa shape index (κ1) is 17.0. The van der Waals surface area contributed by atoms with Gasteiger partial charge in [0, 0.05) is 45.7 Å². The van der Waals surface area contributed by atoms with Gasteiger partial charge < -0.3 is 19.5 Å². The number of hydrogen-bond acceptors (Lipinski definition) is 4. The van der Waals surface area contributed by atoms with Crippen LogP contribution in [0.3, 0.4) is 0 Å². The third-order valence-corrected chi connectivity index (χ3v) is 4.24. The monoisotopic (exact) mass is 341 g/mol. The lowest BCUT2D eigenvalue weighted by molar-refractivity contribution is -0.130. The van der Waals surface area contributed by atoms with Gasteiger partial charge in [0.05, 0.1) is 12.2 Å². The van der Waals surface area contributed by atoms with Crippen molar-refractivity contribution in [3.8, 4) is 11.5 Å². The summed E-state index contributed by atoms with van der Waals surface area (Å²) in [5.41, 5.74) is 1.78. The predicted octanol–water partition coefficient (Wildman–Crippen LogP) is 1.58. The van der Waals surface area contributed by atoms with Gasteiger partial charge in [0.1, 0.15) is 6.26 Å². The fourth-order valence-corrected chi connectivity index (χ4v) is 2.84. The average molecular weight is 341 g/mol. The highest BCUT2D eigenvalue weighted by atomic mass is 16.3. The molecule has 1 aromatic heterocycles. The van der Waals surface area contributed by atoms with Crippen molar-refractivity contribution >= 4 is 11.9 Å². The summed E-state index contributed by atoms with van der Waals surface area (Å²) in [5, 5.41) is 3.31. The van der Waals surface area contributed by atoms with E-state index in [1.54, 1.807) is 20.2 Å². The van der Waals surface area contributed by atoms with Gasteiger partial charge in [0.15, 0.2) is 5.96 Å². The number of amides is 1. The molecule has 0 radical (unpaired) electrons. The molecule has 1 aromatic carbocycles. The second-order valence-corrected chi connectivity index (χ2v) is 5.90. The molecular formula is C18H23N5O2. The summed E-state index contributed by atoms with van der Waals surface area (Å²) < 4.78 is 5.55. The van der Waals surface area contributed by atoms with Gasteiger partial charge in [-0.05, 0) is 12.1 Å². The number of aliphatic imine (C=N–C) groups is 1. The molecule has 2 aromatic rings. The fourth-order valence-electron chi connectivity index (χ4n) is 2.84. The van der Waals surface area contributed by atoms with E-state index in [0.29, 0.717) is 12.4 Å². The van der Waals surface area contributed by atoms with Crippen LogP contribution in [-0.2, 0) is 11.3 Å². The Morgan fingerprint density at radius 1 is 1.20 bits per heavy atom. The molecule has 0 unspecified atom stereocenters. The van der Waals surface area contributed by atoms with E-state index >= 15 is 0 Å². The Bertz CT molecular complexity index is 733. The molecule has 7 nitrogen and oxygen atoms in total. The molecule has 0 spiro atoms. The molecule has 1 N–H and O–H groups in total. The summed E-state index contributed by atoms with van der Waals surface area (Å²) in [5.74, 6) is 1.55. The Balaban J connectivity index is 1.56. The zero-order chi connectivity index (χ0) is 17.6. The standard InChI is InChI=1S/C18H23N5O2/c1-14(24)22-8-10-23(11-9-22)18(19-2)20-12-16-13-25-17(21-16)15-6-4-3-5-7-15/h3-7,13H,8-12H2,1-2H3,(H,19,20). The number of benzene rings is 1. The largest absolute Gasteiger partial charge is 0.444 e. The van der Waals surface area contributed by atoms with Crippen LogP contribution < -0.4 is 5.32 Å². The zero-order valence-corrected chi connectivity index (χ0v) is 14.6. The number of rotatable bonds is 3. The molecule has 3 rings (SSSR count). The normalized spacial score (nSPS) is 15.4. The highest BCUT2D eigenvalue weighted by molar-refractivity contribution is 5.80. The van der Waals surface area contributed by atoms with Gasteiger partial charge >= 0.3 is 0 Å². The molecule has 25 heavy (non-hydrogen) atoms. The lowest BCUT2D eigenvalue weighted by Gasteiger charge is -2.36. The maximum absolute atomic E-state index is 11.4. The fraction of sp³-hybridized carbons (Fsp3) is 0.389. The number of hydrogen-bond donors (Lipinski definition) is 1. The lowest BCUT2D eigenvalue weighted by atomic mass is 10.2. The number of aromatic nitrogens is 1. The summed E-state index contributed by atoms with van der Waals surface area (Å²) >= 11 is 0. The van der Waals surface area contributed by atoms with E-state index < -0.39 is 0 Å². The van der Waals surface area contributed by atoms with Gasteiger partial charge in [0.2, 0.25) is 11.8 Å². The Hall–Kier alpha value is -2.83. The van der Waals surface area contributed by atoms with Crippen molar-refractivity contribution in [3.63, 3.8) is 0 Å². The van der Waals surface area contributed by atoms with Crippen LogP contribution in [0.5, 0.6) is 0 Å². The first-order chi connectivity index (χ1) is 12.2. The SMILES string of the molecule is CN=C(NCc1coc(-c2ccccc2)n1)N1CCN(C(C)=O)CC1. The number of guanidine groups is 1. The molecule has 132 valence electrons. The molecule has 1 aliphatic rings. The molecular weight excluding hydrogens is 318 g/mol. The van der Waals surface area contributed by atoms with E-state index in [9.17, 15) is 4.79 Å². The maximum Gasteiger partial charge on any atom is 0.226 e. The minimum Gasteiger partial charge on any atom is -0.444 e.